The summed E-state index contributed by atoms with van der Waals surface area (Å²) in [4.78, 5) is 16.6. The van der Waals surface area contributed by atoms with Crippen molar-refractivity contribution in [1.82, 2.24) is 4.98 Å². The van der Waals surface area contributed by atoms with Crippen LogP contribution in [0.15, 0.2) is 21.4 Å². The third-order valence-electron chi connectivity index (χ3n) is 2.60. The highest BCUT2D eigenvalue weighted by Gasteiger charge is 2.24. The van der Waals surface area contributed by atoms with Gasteiger partial charge in [0.25, 0.3) is 0 Å². The van der Waals surface area contributed by atoms with Crippen molar-refractivity contribution in [3.63, 3.8) is 0 Å². The molecule has 1 heterocycles. The molecule has 1 aromatic carbocycles. The number of benzene rings is 1. The average Bonchev–Trinajstić information content (AvgIpc) is 2.71. The van der Waals surface area contributed by atoms with Crippen LogP contribution < -0.4 is 0 Å². The van der Waals surface area contributed by atoms with Gasteiger partial charge in [-0.15, -0.1) is 11.8 Å². The highest BCUT2D eigenvalue weighted by molar-refractivity contribution is 7.98. The summed E-state index contributed by atoms with van der Waals surface area (Å²) in [5, 5.41) is 9.16. The van der Waals surface area contributed by atoms with Crippen LogP contribution >= 0.6 is 11.8 Å². The second-order valence-corrected chi connectivity index (χ2v) is 5.92. The van der Waals surface area contributed by atoms with Crippen LogP contribution in [0.4, 0.5) is 0 Å². The van der Waals surface area contributed by atoms with E-state index >= 15 is 0 Å². The first-order chi connectivity index (χ1) is 8.34. The Kier molecular flexibility index (Phi) is 3.11. The molecule has 0 aliphatic heterocycles. The number of hydrogen-bond donors (Lipinski definition) is 1. The minimum atomic E-state index is -0.996. The number of aromatic nitrogens is 1. The van der Waals surface area contributed by atoms with Crippen LogP contribution in [0.25, 0.3) is 11.1 Å². The fourth-order valence-corrected chi connectivity index (χ4v) is 2.17. The SMILES string of the molecule is CSc1ccc(C(=O)O)c2oc(C(C)(C)C)nc12. The van der Waals surface area contributed by atoms with E-state index in [1.807, 2.05) is 27.0 Å². The largest absolute Gasteiger partial charge is 0.478 e. The molecule has 5 heteroatoms. The van der Waals surface area contributed by atoms with Crippen LogP contribution in [-0.2, 0) is 5.41 Å². The maximum absolute atomic E-state index is 11.2. The molecule has 4 nitrogen and oxygen atoms in total. The third kappa shape index (κ3) is 2.10. The van der Waals surface area contributed by atoms with E-state index in [9.17, 15) is 4.79 Å². The number of fused-ring (bicyclic) bond motifs is 1. The monoisotopic (exact) mass is 265 g/mol. The molecule has 0 amide bonds. The zero-order valence-corrected chi connectivity index (χ0v) is 11.6. The number of carbonyl (C=O) groups is 1. The normalized spacial score (nSPS) is 12.0. The van der Waals surface area contributed by atoms with Gasteiger partial charge in [0, 0.05) is 10.3 Å². The summed E-state index contributed by atoms with van der Waals surface area (Å²) in [7, 11) is 0. The Morgan fingerprint density at radius 2 is 2.06 bits per heavy atom. The molecule has 1 aromatic heterocycles. The summed E-state index contributed by atoms with van der Waals surface area (Å²) < 4.78 is 5.66. The molecule has 0 bridgehead atoms. The van der Waals surface area contributed by atoms with E-state index in [4.69, 9.17) is 9.52 Å². The van der Waals surface area contributed by atoms with Crippen molar-refractivity contribution in [3.05, 3.63) is 23.6 Å². The van der Waals surface area contributed by atoms with E-state index in [1.165, 1.54) is 11.8 Å². The standard InChI is InChI=1S/C13H15NO3S/c1-13(2,3)12-14-9-8(18-4)6-5-7(11(15)16)10(9)17-12/h5-6H,1-4H3,(H,15,16). The Morgan fingerprint density at radius 1 is 1.39 bits per heavy atom. The summed E-state index contributed by atoms with van der Waals surface area (Å²) in [6.07, 6.45) is 1.93. The molecule has 2 rings (SSSR count). The molecule has 0 atom stereocenters. The molecule has 0 saturated heterocycles. The summed E-state index contributed by atoms with van der Waals surface area (Å²) >= 11 is 1.53. The van der Waals surface area contributed by atoms with E-state index < -0.39 is 5.97 Å². The highest BCUT2D eigenvalue weighted by Crippen LogP contribution is 2.33. The lowest BCUT2D eigenvalue weighted by molar-refractivity contribution is 0.0697. The number of aromatic carboxylic acids is 1. The summed E-state index contributed by atoms with van der Waals surface area (Å²) in [5.74, 6) is -0.439. The van der Waals surface area contributed by atoms with E-state index in [2.05, 4.69) is 4.98 Å². The molecule has 96 valence electrons. The molecule has 0 spiro atoms. The van der Waals surface area contributed by atoms with Gasteiger partial charge in [0.15, 0.2) is 5.58 Å². The van der Waals surface area contributed by atoms with Crippen LogP contribution in [-0.4, -0.2) is 22.3 Å². The minimum Gasteiger partial charge on any atom is -0.478 e. The van der Waals surface area contributed by atoms with E-state index in [0.29, 0.717) is 17.0 Å². The molecule has 0 aliphatic rings. The first-order valence-electron chi connectivity index (χ1n) is 5.56. The van der Waals surface area contributed by atoms with Gasteiger partial charge < -0.3 is 9.52 Å². The molecule has 0 unspecified atom stereocenters. The van der Waals surface area contributed by atoms with Gasteiger partial charge >= 0.3 is 5.97 Å². The second kappa shape index (κ2) is 4.31. The zero-order chi connectivity index (χ0) is 13.5. The number of hydrogen-bond acceptors (Lipinski definition) is 4. The van der Waals surface area contributed by atoms with Crippen molar-refractivity contribution < 1.29 is 14.3 Å². The van der Waals surface area contributed by atoms with Crippen molar-refractivity contribution in [3.8, 4) is 0 Å². The highest BCUT2D eigenvalue weighted by atomic mass is 32.2. The Balaban J connectivity index is 2.78. The Morgan fingerprint density at radius 3 is 2.56 bits per heavy atom. The lowest BCUT2D eigenvalue weighted by Gasteiger charge is -2.11. The number of carboxylic acids is 1. The third-order valence-corrected chi connectivity index (χ3v) is 3.37. The number of thioether (sulfide) groups is 1. The summed E-state index contributed by atoms with van der Waals surface area (Å²) in [6.45, 7) is 5.95. The molecule has 2 aromatic rings. The van der Waals surface area contributed by atoms with Gasteiger partial charge in [0.1, 0.15) is 11.1 Å². The predicted octanol–water partition coefficient (Wildman–Crippen LogP) is 3.55. The van der Waals surface area contributed by atoms with Gasteiger partial charge in [-0.1, -0.05) is 20.8 Å². The van der Waals surface area contributed by atoms with Crippen molar-refractivity contribution in [2.45, 2.75) is 31.1 Å². The smallest absolute Gasteiger partial charge is 0.339 e. The van der Waals surface area contributed by atoms with Crippen LogP contribution in [0.2, 0.25) is 0 Å². The maximum Gasteiger partial charge on any atom is 0.339 e. The first kappa shape index (κ1) is 13.0. The van der Waals surface area contributed by atoms with Gasteiger partial charge in [-0.05, 0) is 18.4 Å². The molecule has 0 saturated carbocycles. The zero-order valence-electron chi connectivity index (χ0n) is 10.8. The lowest BCUT2D eigenvalue weighted by atomic mass is 9.97. The molecule has 18 heavy (non-hydrogen) atoms. The fraction of sp³-hybridized carbons (Fsp3) is 0.385. The van der Waals surface area contributed by atoms with Gasteiger partial charge in [-0.2, -0.15) is 0 Å². The number of oxazole rings is 1. The number of carboxylic acid groups (broad SMARTS) is 1. The molecule has 0 fully saturated rings. The van der Waals surface area contributed by atoms with E-state index in [1.54, 1.807) is 12.1 Å². The van der Waals surface area contributed by atoms with Crippen LogP contribution in [0, 0.1) is 0 Å². The predicted molar refractivity (Wildman–Crippen MR) is 71.4 cm³/mol. The van der Waals surface area contributed by atoms with Crippen molar-refractivity contribution >= 4 is 28.8 Å². The minimum absolute atomic E-state index is 0.158. The molecular formula is C13H15NO3S. The Bertz CT molecular complexity index is 610. The maximum atomic E-state index is 11.2. The van der Waals surface area contributed by atoms with Crippen molar-refractivity contribution in [2.75, 3.05) is 6.26 Å². The number of rotatable bonds is 2. The van der Waals surface area contributed by atoms with Gasteiger partial charge in [-0.25, -0.2) is 9.78 Å². The first-order valence-corrected chi connectivity index (χ1v) is 6.78. The van der Waals surface area contributed by atoms with Gasteiger partial charge in [-0.3, -0.25) is 0 Å². The van der Waals surface area contributed by atoms with E-state index in [0.717, 1.165) is 4.90 Å². The molecule has 0 radical (unpaired) electrons. The number of nitrogens with zero attached hydrogens (tertiary/aromatic N) is 1. The molecule has 1 N–H and O–H groups in total. The van der Waals surface area contributed by atoms with Gasteiger partial charge in [0.05, 0.1) is 0 Å². The van der Waals surface area contributed by atoms with Gasteiger partial charge in [0.2, 0.25) is 5.89 Å². The van der Waals surface area contributed by atoms with Crippen molar-refractivity contribution in [1.29, 1.82) is 0 Å². The lowest BCUT2D eigenvalue weighted by Crippen LogP contribution is -2.11. The fourth-order valence-electron chi connectivity index (χ4n) is 1.64. The quantitative estimate of drug-likeness (QED) is 0.841. The van der Waals surface area contributed by atoms with Crippen molar-refractivity contribution in [2.24, 2.45) is 0 Å². The Labute approximate surface area is 109 Å². The van der Waals surface area contributed by atoms with E-state index in [-0.39, 0.29) is 11.0 Å². The van der Waals surface area contributed by atoms with Crippen LogP contribution in [0.1, 0.15) is 37.0 Å². The Hall–Kier alpha value is -1.49. The molecular weight excluding hydrogens is 250 g/mol. The average molecular weight is 265 g/mol. The topological polar surface area (TPSA) is 63.3 Å². The van der Waals surface area contributed by atoms with Crippen LogP contribution in [0.5, 0.6) is 0 Å². The molecule has 0 aliphatic carbocycles. The summed E-state index contributed by atoms with van der Waals surface area (Å²) in [6, 6.07) is 3.33. The van der Waals surface area contributed by atoms with Crippen LogP contribution in [0.3, 0.4) is 0 Å². The second-order valence-electron chi connectivity index (χ2n) is 5.07. The summed E-state index contributed by atoms with van der Waals surface area (Å²) in [5.41, 5.74) is 0.905.